The molecule has 0 aliphatic carbocycles. The van der Waals surface area contributed by atoms with Gasteiger partial charge in [0.1, 0.15) is 5.70 Å². The molecule has 0 heterocycles. The fourth-order valence-electron chi connectivity index (χ4n) is 4.07. The van der Waals surface area contributed by atoms with Crippen molar-refractivity contribution in [1.82, 2.24) is 5.32 Å². The second-order valence-electron chi connectivity index (χ2n) is 9.65. The predicted octanol–water partition coefficient (Wildman–Crippen LogP) is 5.61. The van der Waals surface area contributed by atoms with E-state index >= 15 is 0 Å². The number of hydrogen-bond donors (Lipinski definition) is 4. The summed E-state index contributed by atoms with van der Waals surface area (Å²) in [5, 5.41) is 18.8. The standard InChI is InChI=1S/C33H29N5O6S/c1-2-29(33(42)35-24-15-13-22(14-16-24)30(34)39)45-27-10-6-9-25(20-27)36-32(41)28(37-31(40)23-7-4-3-5-8-23)19-21-11-17-26(18-12-21)38(43)44/h3-20,29H,2H2,1H3,(H2,34,39)(H,35,42)(H,36,41)(H,37,40)/b28-19+. The Bertz CT molecular complexity index is 1740. The van der Waals surface area contributed by atoms with Crippen LogP contribution in [0.15, 0.2) is 114 Å². The number of nitro benzene ring substituents is 1. The van der Waals surface area contributed by atoms with Crippen LogP contribution in [0, 0.1) is 10.1 Å². The Morgan fingerprint density at radius 2 is 1.53 bits per heavy atom. The second kappa shape index (κ2) is 15.1. The Morgan fingerprint density at radius 3 is 2.16 bits per heavy atom. The lowest BCUT2D eigenvalue weighted by molar-refractivity contribution is -0.384. The number of anilines is 2. The monoisotopic (exact) mass is 623 g/mol. The van der Waals surface area contributed by atoms with Crippen LogP contribution in [0.1, 0.15) is 39.6 Å². The zero-order valence-electron chi connectivity index (χ0n) is 24.1. The molecular weight excluding hydrogens is 594 g/mol. The van der Waals surface area contributed by atoms with Crippen molar-refractivity contribution in [2.75, 3.05) is 10.6 Å². The number of nitrogens with two attached hydrogens (primary N) is 1. The molecule has 12 heteroatoms. The number of nitrogens with zero attached hydrogens (tertiary/aromatic N) is 1. The summed E-state index contributed by atoms with van der Waals surface area (Å²) in [4.78, 5) is 61.9. The number of nitrogens with one attached hydrogen (secondary N) is 3. The molecule has 4 rings (SSSR count). The highest BCUT2D eigenvalue weighted by molar-refractivity contribution is 8.00. The van der Waals surface area contributed by atoms with Gasteiger partial charge in [-0.3, -0.25) is 29.3 Å². The number of thioether (sulfide) groups is 1. The Kier molecular flexibility index (Phi) is 10.8. The first-order valence-corrected chi connectivity index (χ1v) is 14.6. The van der Waals surface area contributed by atoms with Crippen molar-refractivity contribution < 1.29 is 24.1 Å². The molecule has 4 amide bonds. The van der Waals surface area contributed by atoms with Gasteiger partial charge in [-0.2, -0.15) is 0 Å². The maximum Gasteiger partial charge on any atom is 0.272 e. The van der Waals surface area contributed by atoms with Gasteiger partial charge in [-0.1, -0.05) is 31.2 Å². The van der Waals surface area contributed by atoms with Crippen LogP contribution in [-0.2, 0) is 9.59 Å². The maximum absolute atomic E-state index is 13.4. The highest BCUT2D eigenvalue weighted by Crippen LogP contribution is 2.29. The van der Waals surface area contributed by atoms with Crippen LogP contribution in [0.25, 0.3) is 6.08 Å². The van der Waals surface area contributed by atoms with Crippen LogP contribution < -0.4 is 21.7 Å². The summed E-state index contributed by atoms with van der Waals surface area (Å²) >= 11 is 1.31. The summed E-state index contributed by atoms with van der Waals surface area (Å²) in [6.45, 7) is 1.88. The number of hydrogen-bond acceptors (Lipinski definition) is 7. The Morgan fingerprint density at radius 1 is 0.844 bits per heavy atom. The van der Waals surface area contributed by atoms with E-state index in [1.54, 1.807) is 60.7 Å². The molecule has 0 saturated heterocycles. The van der Waals surface area contributed by atoms with Crippen LogP contribution in [0.5, 0.6) is 0 Å². The summed E-state index contributed by atoms with van der Waals surface area (Å²) in [5.41, 5.74) is 7.16. The SMILES string of the molecule is CCC(Sc1cccc(NC(=O)/C(=C\c2ccc([N+](=O)[O-])cc2)NC(=O)c2ccccc2)c1)C(=O)Nc1ccc(C(N)=O)cc1. The smallest absolute Gasteiger partial charge is 0.272 e. The summed E-state index contributed by atoms with van der Waals surface area (Å²) in [6, 6.07) is 27.1. The Labute approximate surface area is 263 Å². The van der Waals surface area contributed by atoms with Crippen molar-refractivity contribution >= 4 is 58.5 Å². The van der Waals surface area contributed by atoms with Gasteiger partial charge < -0.3 is 21.7 Å². The highest BCUT2D eigenvalue weighted by atomic mass is 32.2. The summed E-state index contributed by atoms with van der Waals surface area (Å²) in [5.74, 6) is -1.93. The molecule has 4 aromatic carbocycles. The van der Waals surface area contributed by atoms with Crippen molar-refractivity contribution in [3.8, 4) is 0 Å². The summed E-state index contributed by atoms with van der Waals surface area (Å²) < 4.78 is 0. The van der Waals surface area contributed by atoms with E-state index in [2.05, 4.69) is 16.0 Å². The number of rotatable bonds is 12. The van der Waals surface area contributed by atoms with Gasteiger partial charge in [0, 0.05) is 39.5 Å². The third-order valence-electron chi connectivity index (χ3n) is 6.41. The van der Waals surface area contributed by atoms with Gasteiger partial charge in [0.05, 0.1) is 10.2 Å². The first-order valence-electron chi connectivity index (χ1n) is 13.7. The molecule has 0 saturated carbocycles. The van der Waals surface area contributed by atoms with E-state index in [-0.39, 0.29) is 17.3 Å². The molecule has 0 bridgehead atoms. The quantitative estimate of drug-likeness (QED) is 0.0686. The average molecular weight is 624 g/mol. The van der Waals surface area contributed by atoms with Crippen molar-refractivity contribution in [1.29, 1.82) is 0 Å². The van der Waals surface area contributed by atoms with E-state index in [9.17, 15) is 29.3 Å². The van der Waals surface area contributed by atoms with E-state index < -0.39 is 27.9 Å². The number of benzene rings is 4. The van der Waals surface area contributed by atoms with Crippen LogP contribution in [0.2, 0.25) is 0 Å². The van der Waals surface area contributed by atoms with Gasteiger partial charge >= 0.3 is 0 Å². The highest BCUT2D eigenvalue weighted by Gasteiger charge is 2.20. The number of primary amides is 1. The van der Waals surface area contributed by atoms with Gasteiger partial charge in [0.25, 0.3) is 17.5 Å². The molecule has 4 aromatic rings. The van der Waals surface area contributed by atoms with E-state index in [0.717, 1.165) is 0 Å². The van der Waals surface area contributed by atoms with Crippen molar-refractivity contribution in [2.45, 2.75) is 23.5 Å². The van der Waals surface area contributed by atoms with Gasteiger partial charge in [-0.05, 0) is 84.8 Å². The molecule has 45 heavy (non-hydrogen) atoms. The van der Waals surface area contributed by atoms with Gasteiger partial charge in [-0.25, -0.2) is 0 Å². The first-order chi connectivity index (χ1) is 21.6. The molecule has 1 unspecified atom stereocenters. The largest absolute Gasteiger partial charge is 0.366 e. The summed E-state index contributed by atoms with van der Waals surface area (Å²) in [6.07, 6.45) is 1.94. The fraction of sp³-hybridized carbons (Fsp3) is 0.0909. The van der Waals surface area contributed by atoms with Crippen LogP contribution in [-0.4, -0.2) is 33.8 Å². The molecule has 0 spiro atoms. The number of carbonyl (C=O) groups excluding carboxylic acids is 4. The van der Waals surface area contributed by atoms with E-state index in [0.29, 0.717) is 39.4 Å². The lowest BCUT2D eigenvalue weighted by Crippen LogP contribution is -2.30. The number of amides is 4. The maximum atomic E-state index is 13.4. The van der Waals surface area contributed by atoms with Crippen LogP contribution in [0.3, 0.4) is 0 Å². The topological polar surface area (TPSA) is 174 Å². The van der Waals surface area contributed by atoms with E-state index in [4.69, 9.17) is 5.73 Å². The molecule has 1 atom stereocenters. The zero-order chi connectivity index (χ0) is 32.3. The fourth-order valence-corrected chi connectivity index (χ4v) is 5.09. The Hall–Kier alpha value is -5.75. The van der Waals surface area contributed by atoms with Gasteiger partial charge in [0.15, 0.2) is 0 Å². The third-order valence-corrected chi connectivity index (χ3v) is 7.77. The minimum Gasteiger partial charge on any atom is -0.366 e. The number of non-ortho nitro benzene ring substituents is 1. The first kappa shape index (κ1) is 32.2. The normalized spacial score (nSPS) is 11.6. The summed E-state index contributed by atoms with van der Waals surface area (Å²) in [7, 11) is 0. The average Bonchev–Trinajstić information content (AvgIpc) is 3.04. The van der Waals surface area contributed by atoms with Crippen LogP contribution >= 0.6 is 11.8 Å². The lowest BCUT2D eigenvalue weighted by Gasteiger charge is -2.16. The molecule has 0 radical (unpaired) electrons. The zero-order valence-corrected chi connectivity index (χ0v) is 24.9. The van der Waals surface area contributed by atoms with Crippen molar-refractivity contribution in [3.63, 3.8) is 0 Å². The van der Waals surface area contributed by atoms with Gasteiger partial charge in [-0.15, -0.1) is 11.8 Å². The van der Waals surface area contributed by atoms with Crippen LogP contribution in [0.4, 0.5) is 17.1 Å². The molecule has 5 N–H and O–H groups in total. The third kappa shape index (κ3) is 9.12. The molecular formula is C33H29N5O6S. The minimum atomic E-state index is -0.621. The molecule has 0 aliphatic heterocycles. The molecule has 0 fully saturated rings. The number of carbonyl (C=O) groups is 4. The van der Waals surface area contributed by atoms with E-state index in [1.807, 2.05) is 13.0 Å². The molecule has 0 aromatic heterocycles. The number of nitro groups is 1. The second-order valence-corrected chi connectivity index (χ2v) is 10.9. The van der Waals surface area contributed by atoms with Crippen molar-refractivity contribution in [2.24, 2.45) is 5.73 Å². The van der Waals surface area contributed by atoms with E-state index in [1.165, 1.54) is 54.2 Å². The molecule has 228 valence electrons. The van der Waals surface area contributed by atoms with Gasteiger partial charge in [0.2, 0.25) is 11.8 Å². The Balaban J connectivity index is 1.49. The van der Waals surface area contributed by atoms with Crippen molar-refractivity contribution in [3.05, 3.63) is 136 Å². The molecule has 0 aliphatic rings. The minimum absolute atomic E-state index is 0.0797. The molecule has 11 nitrogen and oxygen atoms in total. The predicted molar refractivity (Wildman–Crippen MR) is 174 cm³/mol. The lowest BCUT2D eigenvalue weighted by atomic mass is 10.1.